The maximum absolute atomic E-state index is 12.9. The molecule has 1 aliphatic heterocycles. The summed E-state index contributed by atoms with van der Waals surface area (Å²) in [5, 5.41) is 0.201. The van der Waals surface area contributed by atoms with E-state index in [-0.39, 0.29) is 17.0 Å². The van der Waals surface area contributed by atoms with Crippen LogP contribution in [-0.4, -0.2) is 48.4 Å². The van der Waals surface area contributed by atoms with Crippen molar-refractivity contribution in [3.05, 3.63) is 35.5 Å². The monoisotopic (exact) mass is 407 g/mol. The van der Waals surface area contributed by atoms with Crippen LogP contribution in [0.15, 0.2) is 27.9 Å². The van der Waals surface area contributed by atoms with Gasteiger partial charge in [0.1, 0.15) is 11.5 Å². The van der Waals surface area contributed by atoms with E-state index in [2.05, 4.69) is 9.88 Å². The van der Waals surface area contributed by atoms with Crippen molar-refractivity contribution >= 4 is 9.84 Å². The molecule has 0 spiro atoms. The van der Waals surface area contributed by atoms with Crippen molar-refractivity contribution in [2.45, 2.75) is 63.5 Å². The Morgan fingerprint density at radius 3 is 2.71 bits per heavy atom. The summed E-state index contributed by atoms with van der Waals surface area (Å²) < 4.78 is 39.1. The van der Waals surface area contributed by atoms with Gasteiger partial charge in [0.2, 0.25) is 15.0 Å². The third-order valence-electron chi connectivity index (χ3n) is 5.40. The molecular weight excluding hydrogens is 378 g/mol. The molecule has 2 aromatic heterocycles. The summed E-state index contributed by atoms with van der Waals surface area (Å²) in [6.07, 6.45) is 5.75. The van der Waals surface area contributed by atoms with E-state index >= 15 is 0 Å². The minimum absolute atomic E-state index is 0.0563. The number of nitrogens with zero attached hydrogens (tertiary/aromatic N) is 3. The van der Waals surface area contributed by atoms with Crippen molar-refractivity contribution in [3.63, 3.8) is 0 Å². The van der Waals surface area contributed by atoms with E-state index in [0.717, 1.165) is 49.5 Å². The molecule has 4 rings (SSSR count). The Bertz CT molecular complexity index is 908. The van der Waals surface area contributed by atoms with E-state index in [4.69, 9.17) is 9.15 Å². The molecule has 0 N–H and O–H groups in total. The maximum Gasteiger partial charge on any atom is 0.227 e. The summed E-state index contributed by atoms with van der Waals surface area (Å²) >= 11 is 0. The van der Waals surface area contributed by atoms with Crippen LogP contribution in [0.5, 0.6) is 0 Å². The third kappa shape index (κ3) is 4.67. The number of sulfone groups is 1. The predicted molar refractivity (Wildman–Crippen MR) is 105 cm³/mol. The van der Waals surface area contributed by atoms with Crippen molar-refractivity contribution in [3.8, 4) is 0 Å². The van der Waals surface area contributed by atoms with Gasteiger partial charge in [-0.25, -0.2) is 13.4 Å². The van der Waals surface area contributed by atoms with Gasteiger partial charge in [-0.2, -0.15) is 0 Å². The van der Waals surface area contributed by atoms with Crippen molar-refractivity contribution < 1.29 is 17.6 Å². The Kier molecular flexibility index (Phi) is 5.62. The molecule has 3 heterocycles. The van der Waals surface area contributed by atoms with Crippen molar-refractivity contribution in [2.75, 3.05) is 19.4 Å². The molecule has 1 atom stereocenters. The first-order valence-electron chi connectivity index (χ1n) is 10.0. The second-order valence-corrected chi connectivity index (χ2v) is 10.1. The highest BCUT2D eigenvalue weighted by Crippen LogP contribution is 2.32. The average Bonchev–Trinajstić information content (AvgIpc) is 3.01. The van der Waals surface area contributed by atoms with Crippen molar-refractivity contribution in [2.24, 2.45) is 5.92 Å². The second-order valence-electron chi connectivity index (χ2n) is 8.19. The fraction of sp³-hybridized carbons (Fsp3) is 0.650. The number of aryl methyl sites for hydroxylation is 1. The zero-order chi connectivity index (χ0) is 19.7. The van der Waals surface area contributed by atoms with Gasteiger partial charge in [-0.1, -0.05) is 0 Å². The van der Waals surface area contributed by atoms with E-state index in [1.165, 1.54) is 0 Å². The Labute approximate surface area is 166 Å². The first-order chi connectivity index (χ1) is 13.4. The Balaban J connectivity index is 1.54. The number of hydrogen-bond acceptors (Lipinski definition) is 6. The van der Waals surface area contributed by atoms with Gasteiger partial charge in [-0.15, -0.1) is 0 Å². The quantitative estimate of drug-likeness (QED) is 0.636. The van der Waals surface area contributed by atoms with E-state index in [1.807, 2.05) is 30.7 Å². The first kappa shape index (κ1) is 19.7. The van der Waals surface area contributed by atoms with Crippen LogP contribution in [0, 0.1) is 12.8 Å². The lowest BCUT2D eigenvalue weighted by Crippen LogP contribution is -2.25. The lowest BCUT2D eigenvalue weighted by Gasteiger charge is -2.19. The molecule has 7 nitrogen and oxygen atoms in total. The molecule has 0 amide bonds. The minimum atomic E-state index is -3.38. The van der Waals surface area contributed by atoms with Crippen LogP contribution in [0.4, 0.5) is 0 Å². The SMILES string of the molecule is Cc1ccc(CN(C)Cc2cnc(S(=O)(=O)CC3CC3)n2CC2CCCO2)o1. The Morgan fingerprint density at radius 1 is 1.25 bits per heavy atom. The van der Waals surface area contributed by atoms with Crippen LogP contribution >= 0.6 is 0 Å². The molecule has 0 aromatic carbocycles. The summed E-state index contributed by atoms with van der Waals surface area (Å²) in [6.45, 7) is 4.47. The summed E-state index contributed by atoms with van der Waals surface area (Å²) in [7, 11) is -1.38. The molecule has 0 bridgehead atoms. The number of hydrogen-bond donors (Lipinski definition) is 0. The van der Waals surface area contributed by atoms with E-state index < -0.39 is 9.84 Å². The predicted octanol–water partition coefficient (Wildman–Crippen LogP) is 2.78. The van der Waals surface area contributed by atoms with Gasteiger partial charge in [-0.3, -0.25) is 4.90 Å². The molecule has 1 saturated heterocycles. The van der Waals surface area contributed by atoms with Gasteiger partial charge in [0.05, 0.1) is 36.8 Å². The topological polar surface area (TPSA) is 77.6 Å². The van der Waals surface area contributed by atoms with Gasteiger partial charge >= 0.3 is 0 Å². The fourth-order valence-electron chi connectivity index (χ4n) is 3.79. The van der Waals surface area contributed by atoms with Crippen LogP contribution in [0.1, 0.15) is 42.9 Å². The molecule has 1 aliphatic carbocycles. The largest absolute Gasteiger partial charge is 0.465 e. The molecule has 8 heteroatoms. The van der Waals surface area contributed by atoms with Gasteiger partial charge in [0, 0.05) is 13.2 Å². The van der Waals surface area contributed by atoms with E-state index in [9.17, 15) is 8.42 Å². The van der Waals surface area contributed by atoms with Gasteiger partial charge in [-0.05, 0) is 57.7 Å². The van der Waals surface area contributed by atoms with Crippen LogP contribution in [0.25, 0.3) is 0 Å². The van der Waals surface area contributed by atoms with Gasteiger partial charge in [0.15, 0.2) is 0 Å². The van der Waals surface area contributed by atoms with Gasteiger partial charge < -0.3 is 13.7 Å². The van der Waals surface area contributed by atoms with Crippen LogP contribution in [0.2, 0.25) is 0 Å². The molecule has 28 heavy (non-hydrogen) atoms. The fourth-order valence-corrected chi connectivity index (χ4v) is 5.64. The van der Waals surface area contributed by atoms with Crippen molar-refractivity contribution in [1.29, 1.82) is 0 Å². The first-order valence-corrected chi connectivity index (χ1v) is 11.7. The van der Waals surface area contributed by atoms with Crippen LogP contribution < -0.4 is 0 Å². The highest BCUT2D eigenvalue weighted by Gasteiger charge is 2.33. The number of ether oxygens (including phenoxy) is 1. The molecule has 1 unspecified atom stereocenters. The summed E-state index contributed by atoms with van der Waals surface area (Å²) in [5.41, 5.74) is 0.899. The highest BCUT2D eigenvalue weighted by atomic mass is 32.2. The number of imidazole rings is 1. The molecule has 1 saturated carbocycles. The van der Waals surface area contributed by atoms with Gasteiger partial charge in [0.25, 0.3) is 0 Å². The van der Waals surface area contributed by atoms with Crippen LogP contribution in [0.3, 0.4) is 0 Å². The normalized spacial score (nSPS) is 20.3. The molecule has 2 aromatic rings. The number of aromatic nitrogens is 2. The zero-order valence-corrected chi connectivity index (χ0v) is 17.5. The number of rotatable bonds is 9. The smallest absolute Gasteiger partial charge is 0.227 e. The molecule has 2 fully saturated rings. The summed E-state index contributed by atoms with van der Waals surface area (Å²) in [4.78, 5) is 6.45. The standard InChI is InChI=1S/C20H29N3O4S/c1-15-5-8-19(27-15)12-22(2)11-17-10-21-20(28(24,25)14-16-6-7-16)23(17)13-18-4-3-9-26-18/h5,8,10,16,18H,3-4,6-7,9,11-14H2,1-2H3. The van der Waals surface area contributed by atoms with Crippen LogP contribution in [-0.2, 0) is 34.2 Å². The maximum atomic E-state index is 12.9. The Morgan fingerprint density at radius 2 is 2.07 bits per heavy atom. The summed E-state index contributed by atoms with van der Waals surface area (Å²) in [5.74, 6) is 2.29. The molecule has 2 aliphatic rings. The average molecular weight is 408 g/mol. The van der Waals surface area contributed by atoms with E-state index in [0.29, 0.717) is 25.6 Å². The highest BCUT2D eigenvalue weighted by molar-refractivity contribution is 7.91. The van der Waals surface area contributed by atoms with E-state index in [1.54, 1.807) is 6.20 Å². The molecular formula is C20H29N3O4S. The third-order valence-corrected chi connectivity index (χ3v) is 7.19. The number of furan rings is 1. The summed E-state index contributed by atoms with van der Waals surface area (Å²) in [6, 6.07) is 3.93. The molecule has 154 valence electrons. The molecule has 0 radical (unpaired) electrons. The second kappa shape index (κ2) is 8.00. The Hall–Kier alpha value is -1.64. The van der Waals surface area contributed by atoms with Crippen molar-refractivity contribution in [1.82, 2.24) is 14.5 Å². The lowest BCUT2D eigenvalue weighted by molar-refractivity contribution is 0.0933. The lowest BCUT2D eigenvalue weighted by atomic mass is 10.2. The minimum Gasteiger partial charge on any atom is -0.465 e. The zero-order valence-electron chi connectivity index (χ0n) is 16.6.